The lowest BCUT2D eigenvalue weighted by atomic mass is 9.96. The first-order chi connectivity index (χ1) is 43.2. The van der Waals surface area contributed by atoms with Gasteiger partial charge in [-0.15, -0.1) is 0 Å². The molecule has 13 amide bonds. The number of carboxylic acid groups (broad SMARTS) is 3. The summed E-state index contributed by atoms with van der Waals surface area (Å²) in [6.45, 7) is 8.81. The lowest BCUT2D eigenvalue weighted by Gasteiger charge is -2.39. The van der Waals surface area contributed by atoms with Gasteiger partial charge in [-0.05, 0) is 77.6 Å². The fraction of sp³-hybridized carbons (Fsp3) is 0.695. The van der Waals surface area contributed by atoms with Crippen LogP contribution in [0.25, 0.3) is 0 Å². The number of unbranched alkanes of at least 4 members (excludes halogenated alkanes) is 5. The van der Waals surface area contributed by atoms with Gasteiger partial charge in [0.15, 0.2) is 0 Å². The van der Waals surface area contributed by atoms with Crippen molar-refractivity contribution in [2.24, 2.45) is 29.2 Å². The predicted molar refractivity (Wildman–Crippen MR) is 326 cm³/mol. The van der Waals surface area contributed by atoms with Gasteiger partial charge in [-0.3, -0.25) is 76.7 Å². The van der Waals surface area contributed by atoms with Crippen molar-refractivity contribution in [2.75, 3.05) is 26.2 Å². The van der Waals surface area contributed by atoms with Gasteiger partial charge in [0.1, 0.15) is 54.4 Å². The van der Waals surface area contributed by atoms with Crippen molar-refractivity contribution in [1.82, 2.24) is 63.0 Å². The molecule has 0 bridgehead atoms. The van der Waals surface area contributed by atoms with Crippen molar-refractivity contribution in [3.8, 4) is 0 Å². The summed E-state index contributed by atoms with van der Waals surface area (Å²) in [6.07, 6.45) is 7.71. The van der Waals surface area contributed by atoms with Crippen molar-refractivity contribution < 1.29 is 92.0 Å². The largest absolute Gasteiger partial charge is 0.481 e. The van der Waals surface area contributed by atoms with Gasteiger partial charge in [-0.25, -0.2) is 0 Å². The van der Waals surface area contributed by atoms with Gasteiger partial charge in [0.05, 0.1) is 44.3 Å². The van der Waals surface area contributed by atoms with Crippen LogP contribution in [-0.4, -0.2) is 212 Å². The SMILES string of the molecule is CC(C)CCCCCCC/C=C\CC(=O)N[C@@H](CC(N)=O)C(=O)N[C@@H]1C(=O)N2CCCC[C@@H]2C(=O)N[C@@H](C(C)C(=O)O)C(=O)N[C@@H](CC(=O)O)C(=O)NCC(=O)N[C@@H](CC(=O)O)C(=O)NCC(=O)N[C@H](C(C)N)C(=O)N[C@@H](C(C)C)C(=O)N2CCC[C@H]2C(=O)NC1C. The average molecular weight is 1300 g/mol. The highest BCUT2D eigenvalue weighted by Crippen LogP contribution is 2.24. The molecule has 3 unspecified atom stereocenters. The summed E-state index contributed by atoms with van der Waals surface area (Å²) in [6, 6.07) is -18.3. The van der Waals surface area contributed by atoms with Crippen molar-refractivity contribution in [3.05, 3.63) is 12.2 Å². The van der Waals surface area contributed by atoms with E-state index in [0.29, 0.717) is 12.3 Å². The van der Waals surface area contributed by atoms with E-state index in [0.717, 1.165) is 50.3 Å². The number of fused-ring (bicyclic) bond motifs is 2. The van der Waals surface area contributed by atoms with Crippen LogP contribution in [0, 0.1) is 17.8 Å². The molecule has 3 aliphatic rings. The highest BCUT2D eigenvalue weighted by atomic mass is 16.4. The number of piperidine rings is 1. The number of primary amides is 1. The summed E-state index contributed by atoms with van der Waals surface area (Å²) in [5, 5.41) is 52.6. The Morgan fingerprint density at radius 2 is 1.12 bits per heavy atom. The van der Waals surface area contributed by atoms with Crippen LogP contribution in [0.2, 0.25) is 0 Å². The normalized spacial score (nSPS) is 25.2. The first kappa shape index (κ1) is 77.5. The Morgan fingerprint density at radius 1 is 0.598 bits per heavy atom. The monoisotopic (exact) mass is 1300 g/mol. The van der Waals surface area contributed by atoms with Crippen molar-refractivity contribution in [1.29, 1.82) is 0 Å². The van der Waals surface area contributed by atoms with E-state index in [4.69, 9.17) is 11.5 Å². The highest BCUT2D eigenvalue weighted by Gasteiger charge is 2.45. The molecular weight excluding hydrogens is 1210 g/mol. The predicted octanol–water partition coefficient (Wildman–Crippen LogP) is -3.62. The van der Waals surface area contributed by atoms with Crippen LogP contribution in [0.4, 0.5) is 0 Å². The Bertz CT molecular complexity index is 2720. The number of allylic oxidation sites excluding steroid dienone is 1. The number of amides is 13. The molecule has 3 aliphatic heterocycles. The number of carbonyl (C=O) groups excluding carboxylic acids is 13. The summed E-state index contributed by atoms with van der Waals surface area (Å²) in [4.78, 5) is 219. The molecule has 0 aromatic rings. The number of rotatable bonds is 23. The Kier molecular flexibility index (Phi) is 32.1. The third kappa shape index (κ3) is 25.5. The third-order valence-electron chi connectivity index (χ3n) is 15.8. The van der Waals surface area contributed by atoms with Crippen LogP contribution in [0.5, 0.6) is 0 Å². The quantitative estimate of drug-likeness (QED) is 0.0347. The van der Waals surface area contributed by atoms with E-state index in [9.17, 15) is 87.2 Å². The molecule has 0 aliphatic carbocycles. The lowest BCUT2D eigenvalue weighted by Crippen LogP contribution is -2.66. The molecule has 3 saturated heterocycles. The maximum Gasteiger partial charge on any atom is 0.308 e. The molecule has 12 atom stereocenters. The molecule has 33 heteroatoms. The minimum atomic E-state index is -2.13. The molecule has 0 spiro atoms. The minimum absolute atomic E-state index is 0.0284. The number of hydrogen-bond donors (Lipinski definition) is 15. The number of carboxylic acids is 3. The van der Waals surface area contributed by atoms with Crippen LogP contribution < -0.4 is 64.6 Å². The number of carbonyl (C=O) groups is 16. The zero-order chi connectivity index (χ0) is 69.1. The molecule has 33 nitrogen and oxygen atoms in total. The number of nitrogens with two attached hydrogens (primary N) is 2. The third-order valence-corrected chi connectivity index (χ3v) is 15.8. The number of aliphatic carboxylic acids is 3. The molecule has 0 saturated carbocycles. The lowest BCUT2D eigenvalue weighted by molar-refractivity contribution is -0.149. The summed E-state index contributed by atoms with van der Waals surface area (Å²) in [5.41, 5.74) is 11.7. The molecule has 17 N–H and O–H groups in total. The Hall–Kier alpha value is -8.78. The fourth-order valence-electron chi connectivity index (χ4n) is 10.6. The first-order valence-electron chi connectivity index (χ1n) is 31.2. The summed E-state index contributed by atoms with van der Waals surface area (Å²) >= 11 is 0. The second-order valence-corrected chi connectivity index (χ2v) is 24.3. The molecule has 3 fully saturated rings. The van der Waals surface area contributed by atoms with E-state index in [1.807, 2.05) is 16.7 Å². The smallest absolute Gasteiger partial charge is 0.308 e. The van der Waals surface area contributed by atoms with Gasteiger partial charge in [-0.1, -0.05) is 72.0 Å². The maximum atomic E-state index is 15.2. The van der Waals surface area contributed by atoms with E-state index in [1.165, 1.54) is 18.7 Å². The number of nitrogens with one attached hydrogen (secondary N) is 10. The topological polar surface area (TPSA) is 513 Å². The molecular formula is C59H94N14O19. The van der Waals surface area contributed by atoms with Gasteiger partial charge < -0.3 is 89.8 Å². The number of hydrogen-bond acceptors (Lipinski definition) is 17. The summed E-state index contributed by atoms with van der Waals surface area (Å²) < 4.78 is 0. The second-order valence-electron chi connectivity index (χ2n) is 24.3. The van der Waals surface area contributed by atoms with E-state index >= 15 is 4.79 Å². The average Bonchev–Trinajstić information content (AvgIpc) is 1.26. The Balaban J connectivity index is 2.16. The molecule has 3 heterocycles. The fourth-order valence-corrected chi connectivity index (χ4v) is 10.6. The first-order valence-corrected chi connectivity index (χ1v) is 31.2. The van der Waals surface area contributed by atoms with Crippen LogP contribution in [0.1, 0.15) is 151 Å². The van der Waals surface area contributed by atoms with Gasteiger partial charge in [0, 0.05) is 25.6 Å². The maximum absolute atomic E-state index is 15.2. The molecule has 3 rings (SSSR count). The zero-order valence-electron chi connectivity index (χ0n) is 53.3. The van der Waals surface area contributed by atoms with Gasteiger partial charge in [0.25, 0.3) is 0 Å². The van der Waals surface area contributed by atoms with E-state index in [1.54, 1.807) is 19.9 Å². The molecule has 92 heavy (non-hydrogen) atoms. The summed E-state index contributed by atoms with van der Waals surface area (Å²) in [5.74, 6) is -21.1. The molecule has 0 aromatic heterocycles. The van der Waals surface area contributed by atoms with Crippen LogP contribution >= 0.6 is 0 Å². The van der Waals surface area contributed by atoms with Crippen molar-refractivity contribution in [2.45, 2.75) is 218 Å². The van der Waals surface area contributed by atoms with Crippen molar-refractivity contribution >= 4 is 94.7 Å². The molecule has 0 radical (unpaired) electrons. The van der Waals surface area contributed by atoms with Crippen LogP contribution in [-0.2, 0) is 76.7 Å². The van der Waals surface area contributed by atoms with Crippen LogP contribution in [0.3, 0.4) is 0 Å². The molecule has 514 valence electrons. The zero-order valence-corrected chi connectivity index (χ0v) is 53.3. The Labute approximate surface area is 533 Å². The van der Waals surface area contributed by atoms with Gasteiger partial charge in [-0.2, -0.15) is 0 Å². The summed E-state index contributed by atoms with van der Waals surface area (Å²) in [7, 11) is 0. The number of nitrogens with zero attached hydrogens (tertiary/aromatic N) is 2. The minimum Gasteiger partial charge on any atom is -0.481 e. The van der Waals surface area contributed by atoms with Gasteiger partial charge >= 0.3 is 17.9 Å². The highest BCUT2D eigenvalue weighted by molar-refractivity contribution is 6.01. The van der Waals surface area contributed by atoms with E-state index in [2.05, 4.69) is 56.4 Å². The Morgan fingerprint density at radius 3 is 1.68 bits per heavy atom. The van der Waals surface area contributed by atoms with E-state index < -0.39 is 205 Å². The van der Waals surface area contributed by atoms with E-state index in [-0.39, 0.29) is 51.6 Å². The second kappa shape index (κ2) is 38.2. The molecule has 0 aromatic carbocycles. The standard InChI is InChI=1S/C59H94N14O19/c1-30(2)19-14-12-10-8-9-11-13-15-22-41(75)65-35(25-40(61)74)52(84)71-49-34(7)64-53(85)39-21-18-24-73(39)57(89)46(31(3)4)69-56(88)48(33(6)60)68-43(77)29-63-50(82)36(26-44(78)79)66-42(76)28-62-51(83)37(27-45(80)81)67-55(87)47(32(5)59(91)92)70-54(86)38-20-16-17-23-72(38)58(49)90/h13,15,30-39,46-49H,8-12,14,16-29,60H2,1-7H3,(H2,61,74)(H,62,83)(H,63,82)(H,64,85)(H,65,75)(H,66,76)(H,67,87)(H,68,77)(H,69,88)(H,70,86)(H,71,84)(H,78,79)(H,80,81)(H,91,92)/b15-13-/t32?,33?,34?,35-,36-,37-,38+,39-,46-,47-,48+,49-/m0/s1. The van der Waals surface area contributed by atoms with Crippen molar-refractivity contribution in [3.63, 3.8) is 0 Å². The van der Waals surface area contributed by atoms with Crippen LogP contribution in [0.15, 0.2) is 12.2 Å². The van der Waals surface area contributed by atoms with Gasteiger partial charge in [0.2, 0.25) is 76.8 Å².